The van der Waals surface area contributed by atoms with E-state index in [0.29, 0.717) is 16.8 Å². The van der Waals surface area contributed by atoms with Gasteiger partial charge >= 0.3 is 0 Å². The molecular formula is C16H11N3OS. The number of benzene rings is 2. The SMILES string of the molecule is N#Cc1ccc(C(S)c2nc3ccccc3[nH]c2=O)cc1. The Bertz CT molecular complexity index is 894. The number of nitriles is 1. The smallest absolute Gasteiger partial charge is 0.271 e. The second-order valence-corrected chi connectivity index (χ2v) is 5.12. The van der Waals surface area contributed by atoms with Gasteiger partial charge < -0.3 is 4.98 Å². The number of nitrogens with one attached hydrogen (secondary N) is 1. The van der Waals surface area contributed by atoms with Crippen molar-refractivity contribution in [3.8, 4) is 6.07 Å². The molecule has 5 heteroatoms. The number of hydrogen-bond donors (Lipinski definition) is 2. The van der Waals surface area contributed by atoms with Crippen molar-refractivity contribution in [1.82, 2.24) is 9.97 Å². The van der Waals surface area contributed by atoms with E-state index < -0.39 is 5.25 Å². The Balaban J connectivity index is 2.08. The number of thiol groups is 1. The van der Waals surface area contributed by atoms with Gasteiger partial charge in [-0.25, -0.2) is 4.98 Å². The summed E-state index contributed by atoms with van der Waals surface area (Å²) in [6, 6.07) is 16.4. The zero-order valence-electron chi connectivity index (χ0n) is 10.9. The Kier molecular flexibility index (Phi) is 3.46. The maximum Gasteiger partial charge on any atom is 0.271 e. The fourth-order valence-corrected chi connectivity index (χ4v) is 2.47. The van der Waals surface area contributed by atoms with Gasteiger partial charge in [-0.3, -0.25) is 4.79 Å². The second-order valence-electron chi connectivity index (χ2n) is 4.60. The molecule has 0 aliphatic rings. The van der Waals surface area contributed by atoms with Gasteiger partial charge in [0.2, 0.25) is 0 Å². The van der Waals surface area contributed by atoms with Crippen LogP contribution in [0.2, 0.25) is 0 Å². The van der Waals surface area contributed by atoms with Gasteiger partial charge in [0.1, 0.15) is 5.69 Å². The monoisotopic (exact) mass is 293 g/mol. The van der Waals surface area contributed by atoms with E-state index in [9.17, 15) is 4.79 Å². The van der Waals surface area contributed by atoms with Crippen molar-refractivity contribution in [2.24, 2.45) is 0 Å². The van der Waals surface area contributed by atoms with Crippen molar-refractivity contribution < 1.29 is 0 Å². The van der Waals surface area contributed by atoms with E-state index >= 15 is 0 Å². The summed E-state index contributed by atoms with van der Waals surface area (Å²) in [5.41, 5.74) is 2.91. The van der Waals surface area contributed by atoms with Crippen LogP contribution < -0.4 is 5.56 Å². The Morgan fingerprint density at radius 1 is 1.14 bits per heavy atom. The summed E-state index contributed by atoms with van der Waals surface area (Å²) in [5.74, 6) is 0. The van der Waals surface area contributed by atoms with Crippen molar-refractivity contribution in [2.45, 2.75) is 5.25 Å². The first-order valence-electron chi connectivity index (χ1n) is 6.36. The second kappa shape index (κ2) is 5.43. The van der Waals surface area contributed by atoms with E-state index in [1.807, 2.05) is 24.3 Å². The van der Waals surface area contributed by atoms with Crippen LogP contribution >= 0.6 is 12.6 Å². The van der Waals surface area contributed by atoms with Crippen LogP contribution in [-0.4, -0.2) is 9.97 Å². The summed E-state index contributed by atoms with van der Waals surface area (Å²) in [6.07, 6.45) is 0. The maximum atomic E-state index is 12.2. The normalized spacial score (nSPS) is 12.0. The molecule has 1 aromatic heterocycles. The van der Waals surface area contributed by atoms with Gasteiger partial charge in [0.25, 0.3) is 5.56 Å². The summed E-state index contributed by atoms with van der Waals surface area (Å²) in [5, 5.41) is 8.37. The highest BCUT2D eigenvalue weighted by Gasteiger charge is 2.15. The lowest BCUT2D eigenvalue weighted by Crippen LogP contribution is -2.17. The van der Waals surface area contributed by atoms with Gasteiger partial charge in [-0.05, 0) is 29.8 Å². The lowest BCUT2D eigenvalue weighted by molar-refractivity contribution is 1.01. The van der Waals surface area contributed by atoms with Crippen LogP contribution in [0.3, 0.4) is 0 Å². The molecule has 1 N–H and O–H groups in total. The van der Waals surface area contributed by atoms with Gasteiger partial charge in [0, 0.05) is 0 Å². The van der Waals surface area contributed by atoms with Crippen LogP contribution in [0.1, 0.15) is 22.1 Å². The van der Waals surface area contributed by atoms with Gasteiger partial charge in [-0.2, -0.15) is 17.9 Å². The van der Waals surface area contributed by atoms with Gasteiger partial charge in [0.05, 0.1) is 27.9 Å². The fourth-order valence-electron chi connectivity index (χ4n) is 2.13. The van der Waals surface area contributed by atoms with E-state index in [1.54, 1.807) is 24.3 Å². The van der Waals surface area contributed by atoms with Crippen molar-refractivity contribution in [2.75, 3.05) is 0 Å². The van der Waals surface area contributed by atoms with Gasteiger partial charge in [-0.15, -0.1) is 0 Å². The molecule has 0 aliphatic carbocycles. The highest BCUT2D eigenvalue weighted by molar-refractivity contribution is 7.80. The third-order valence-electron chi connectivity index (χ3n) is 3.24. The lowest BCUT2D eigenvalue weighted by atomic mass is 10.1. The largest absolute Gasteiger partial charge is 0.319 e. The van der Waals surface area contributed by atoms with Gasteiger partial charge in [0.15, 0.2) is 0 Å². The first-order valence-corrected chi connectivity index (χ1v) is 6.88. The summed E-state index contributed by atoms with van der Waals surface area (Å²) in [7, 11) is 0. The van der Waals surface area contributed by atoms with Gasteiger partial charge in [-0.1, -0.05) is 24.3 Å². The zero-order chi connectivity index (χ0) is 14.8. The molecule has 102 valence electrons. The van der Waals surface area contributed by atoms with E-state index in [4.69, 9.17) is 5.26 Å². The van der Waals surface area contributed by atoms with Crippen molar-refractivity contribution in [3.63, 3.8) is 0 Å². The summed E-state index contributed by atoms with van der Waals surface area (Å²) >= 11 is 4.50. The molecule has 0 bridgehead atoms. The quantitative estimate of drug-likeness (QED) is 0.714. The molecule has 0 amide bonds. The Labute approximate surface area is 126 Å². The standard InChI is InChI=1S/C16H11N3OS/c17-9-10-5-7-11(8-6-10)15(21)14-16(20)19-13-4-2-1-3-12(13)18-14/h1-8,15,21H,(H,19,20). The number of nitrogens with zero attached hydrogens (tertiary/aromatic N) is 2. The number of fused-ring (bicyclic) bond motifs is 1. The molecule has 3 rings (SSSR count). The number of aromatic amines is 1. The molecule has 1 unspecified atom stereocenters. The highest BCUT2D eigenvalue weighted by atomic mass is 32.1. The van der Waals surface area contributed by atoms with Crippen LogP contribution in [0, 0.1) is 11.3 Å². The predicted octanol–water partition coefficient (Wildman–Crippen LogP) is 2.81. The topological polar surface area (TPSA) is 69.5 Å². The maximum absolute atomic E-state index is 12.2. The molecule has 0 saturated heterocycles. The molecule has 0 radical (unpaired) electrons. The van der Waals surface area contributed by atoms with E-state index in [0.717, 1.165) is 11.1 Å². The minimum absolute atomic E-state index is 0.252. The third kappa shape index (κ3) is 2.54. The number of H-pyrrole nitrogens is 1. The van der Waals surface area contributed by atoms with E-state index in [-0.39, 0.29) is 5.56 Å². The summed E-state index contributed by atoms with van der Waals surface area (Å²) in [6.45, 7) is 0. The average molecular weight is 293 g/mol. The highest BCUT2D eigenvalue weighted by Crippen LogP contribution is 2.25. The number of para-hydroxylation sites is 2. The minimum Gasteiger partial charge on any atom is -0.319 e. The fraction of sp³-hybridized carbons (Fsp3) is 0.0625. The molecule has 4 nitrogen and oxygen atoms in total. The Morgan fingerprint density at radius 2 is 1.86 bits per heavy atom. The predicted molar refractivity (Wildman–Crippen MR) is 84.3 cm³/mol. The Hall–Kier alpha value is -2.58. The molecule has 0 fully saturated rings. The van der Waals surface area contributed by atoms with Crippen LogP contribution in [0.5, 0.6) is 0 Å². The lowest BCUT2D eigenvalue weighted by Gasteiger charge is -2.10. The molecule has 3 aromatic rings. The molecule has 1 heterocycles. The number of rotatable bonds is 2. The van der Waals surface area contributed by atoms with Crippen LogP contribution in [0.25, 0.3) is 11.0 Å². The van der Waals surface area contributed by atoms with Crippen LogP contribution in [0.15, 0.2) is 53.3 Å². The molecule has 0 saturated carbocycles. The van der Waals surface area contributed by atoms with Crippen molar-refractivity contribution in [3.05, 3.63) is 75.7 Å². The first kappa shape index (κ1) is 13.4. The third-order valence-corrected chi connectivity index (χ3v) is 3.78. The molecular weight excluding hydrogens is 282 g/mol. The van der Waals surface area contributed by atoms with E-state index in [2.05, 4.69) is 28.7 Å². The van der Waals surface area contributed by atoms with Crippen molar-refractivity contribution in [1.29, 1.82) is 5.26 Å². The molecule has 0 spiro atoms. The van der Waals surface area contributed by atoms with Crippen LogP contribution in [-0.2, 0) is 0 Å². The molecule has 21 heavy (non-hydrogen) atoms. The Morgan fingerprint density at radius 3 is 2.57 bits per heavy atom. The minimum atomic E-state index is -0.439. The molecule has 2 aromatic carbocycles. The summed E-state index contributed by atoms with van der Waals surface area (Å²) < 4.78 is 0. The average Bonchev–Trinajstić information content (AvgIpc) is 2.53. The first-order chi connectivity index (χ1) is 10.2. The molecule has 1 atom stereocenters. The van der Waals surface area contributed by atoms with E-state index in [1.165, 1.54) is 0 Å². The number of aromatic nitrogens is 2. The summed E-state index contributed by atoms with van der Waals surface area (Å²) in [4.78, 5) is 19.4. The number of hydrogen-bond acceptors (Lipinski definition) is 4. The van der Waals surface area contributed by atoms with Crippen molar-refractivity contribution >= 4 is 23.7 Å². The van der Waals surface area contributed by atoms with Crippen LogP contribution in [0.4, 0.5) is 0 Å². The molecule has 0 aliphatic heterocycles. The zero-order valence-corrected chi connectivity index (χ0v) is 11.8.